The van der Waals surface area contributed by atoms with Gasteiger partial charge >= 0.3 is 0 Å². The fraction of sp³-hybridized carbons (Fsp3) is 0.393. The molecule has 0 radical (unpaired) electrons. The standard InChI is InChI=1S/C28H32F2N10O2/c1-2-21(41)38-9-7-18(8-10-38)15-17-3-5-19(6-4-17)25(42)39-11-13-40(14-12-39)28-36-24(35-27(32)37-28)20-16-33-26(31)34-22(20)23(29)30/h2-6,16,18,23H,1,7-15H2,(H2,31,33,34)(H2,32,35,36,37). The van der Waals surface area contributed by atoms with Crippen LogP contribution in [0.25, 0.3) is 11.4 Å². The van der Waals surface area contributed by atoms with Gasteiger partial charge in [-0.05, 0) is 49.0 Å². The molecular weight excluding hydrogens is 546 g/mol. The van der Waals surface area contributed by atoms with Crippen molar-refractivity contribution in [3.8, 4) is 11.4 Å². The minimum atomic E-state index is -2.91. The summed E-state index contributed by atoms with van der Waals surface area (Å²) >= 11 is 0. The molecular formula is C28H32F2N10O2. The van der Waals surface area contributed by atoms with Crippen molar-refractivity contribution in [1.29, 1.82) is 0 Å². The molecule has 5 rings (SSSR count). The third-order valence-electron chi connectivity index (χ3n) is 7.60. The molecule has 2 aromatic heterocycles. The van der Waals surface area contributed by atoms with Crippen molar-refractivity contribution >= 4 is 29.7 Å². The highest BCUT2D eigenvalue weighted by atomic mass is 19.3. The lowest BCUT2D eigenvalue weighted by molar-refractivity contribution is -0.127. The van der Waals surface area contributed by atoms with Crippen LogP contribution >= 0.6 is 0 Å². The number of amides is 2. The second kappa shape index (κ2) is 12.4. The quantitative estimate of drug-likeness (QED) is 0.398. The number of nitrogens with two attached hydrogens (primary N) is 2. The van der Waals surface area contributed by atoms with E-state index in [2.05, 4.69) is 31.5 Å². The minimum Gasteiger partial charge on any atom is -0.368 e. The van der Waals surface area contributed by atoms with Crippen molar-refractivity contribution < 1.29 is 18.4 Å². The molecule has 4 heterocycles. The molecule has 2 saturated heterocycles. The zero-order valence-corrected chi connectivity index (χ0v) is 23.0. The maximum absolute atomic E-state index is 13.6. The van der Waals surface area contributed by atoms with E-state index in [1.54, 1.807) is 4.90 Å². The highest BCUT2D eigenvalue weighted by molar-refractivity contribution is 5.94. The Morgan fingerprint density at radius 1 is 0.929 bits per heavy atom. The summed E-state index contributed by atoms with van der Waals surface area (Å²) in [4.78, 5) is 50.4. The van der Waals surface area contributed by atoms with Gasteiger partial charge in [0.2, 0.25) is 23.8 Å². The molecule has 0 unspecified atom stereocenters. The lowest BCUT2D eigenvalue weighted by atomic mass is 9.90. The molecule has 0 saturated carbocycles. The Kier molecular flexibility index (Phi) is 8.50. The average Bonchev–Trinajstić information content (AvgIpc) is 3.00. The molecule has 0 aliphatic carbocycles. The zero-order valence-electron chi connectivity index (χ0n) is 23.0. The fourth-order valence-electron chi connectivity index (χ4n) is 5.29. The summed E-state index contributed by atoms with van der Waals surface area (Å²) in [5, 5.41) is 0. The lowest BCUT2D eigenvalue weighted by Gasteiger charge is -2.35. The number of hydrogen-bond acceptors (Lipinski definition) is 10. The number of anilines is 3. The van der Waals surface area contributed by atoms with Crippen LogP contribution in [0.3, 0.4) is 0 Å². The summed E-state index contributed by atoms with van der Waals surface area (Å²) in [5.74, 6) is 0.109. The number of benzene rings is 1. The van der Waals surface area contributed by atoms with E-state index in [4.69, 9.17) is 11.5 Å². The first-order valence-corrected chi connectivity index (χ1v) is 13.7. The predicted octanol–water partition coefficient (Wildman–Crippen LogP) is 2.36. The van der Waals surface area contributed by atoms with Gasteiger partial charge in [0.1, 0.15) is 5.69 Å². The van der Waals surface area contributed by atoms with Crippen LogP contribution in [-0.4, -0.2) is 85.8 Å². The smallest absolute Gasteiger partial charge is 0.281 e. The van der Waals surface area contributed by atoms with E-state index in [0.717, 1.165) is 44.1 Å². The first-order chi connectivity index (χ1) is 20.2. The van der Waals surface area contributed by atoms with Gasteiger partial charge in [-0.3, -0.25) is 9.59 Å². The Labute approximate surface area is 241 Å². The zero-order chi connectivity index (χ0) is 29.8. The number of carbonyl (C=O) groups is 2. The molecule has 220 valence electrons. The Bertz CT molecular complexity index is 1450. The highest BCUT2D eigenvalue weighted by Crippen LogP contribution is 2.29. The van der Waals surface area contributed by atoms with Crippen LogP contribution in [0.4, 0.5) is 26.6 Å². The Morgan fingerprint density at radius 3 is 2.26 bits per heavy atom. The Hall–Kier alpha value is -4.75. The van der Waals surface area contributed by atoms with Crippen LogP contribution in [-0.2, 0) is 11.2 Å². The van der Waals surface area contributed by atoms with Crippen molar-refractivity contribution in [1.82, 2.24) is 34.7 Å². The van der Waals surface area contributed by atoms with Gasteiger partial charge in [0.05, 0.1) is 5.56 Å². The number of piperazine rings is 1. The first-order valence-electron chi connectivity index (χ1n) is 13.7. The number of likely N-dealkylation sites (tertiary alicyclic amines) is 1. The molecule has 0 atom stereocenters. The van der Waals surface area contributed by atoms with Crippen molar-refractivity contribution in [3.63, 3.8) is 0 Å². The number of piperidine rings is 1. The third-order valence-corrected chi connectivity index (χ3v) is 7.60. The highest BCUT2D eigenvalue weighted by Gasteiger charge is 2.26. The van der Waals surface area contributed by atoms with E-state index in [1.807, 2.05) is 34.1 Å². The van der Waals surface area contributed by atoms with Gasteiger partial charge in [0.15, 0.2) is 5.82 Å². The average molecular weight is 579 g/mol. The van der Waals surface area contributed by atoms with Gasteiger partial charge in [0, 0.05) is 51.0 Å². The second-order valence-corrected chi connectivity index (χ2v) is 10.3. The summed E-state index contributed by atoms with van der Waals surface area (Å²) in [7, 11) is 0. The van der Waals surface area contributed by atoms with Gasteiger partial charge < -0.3 is 26.2 Å². The number of alkyl halides is 2. The molecule has 0 bridgehead atoms. The van der Waals surface area contributed by atoms with Crippen LogP contribution in [0.15, 0.2) is 43.1 Å². The van der Waals surface area contributed by atoms with Gasteiger partial charge in [0.25, 0.3) is 12.3 Å². The van der Waals surface area contributed by atoms with E-state index < -0.39 is 12.1 Å². The summed E-state index contributed by atoms with van der Waals surface area (Å²) in [6, 6.07) is 7.70. The molecule has 2 amide bonds. The Balaban J connectivity index is 1.18. The normalized spacial score (nSPS) is 16.1. The number of nitrogens with zero attached hydrogens (tertiary/aromatic N) is 8. The maximum atomic E-state index is 13.6. The van der Waals surface area contributed by atoms with E-state index >= 15 is 0 Å². The number of halogens is 2. The van der Waals surface area contributed by atoms with Crippen molar-refractivity contribution in [2.24, 2.45) is 5.92 Å². The van der Waals surface area contributed by atoms with Crippen molar-refractivity contribution in [2.75, 3.05) is 55.6 Å². The second-order valence-electron chi connectivity index (χ2n) is 10.3. The van der Waals surface area contributed by atoms with Crippen molar-refractivity contribution in [2.45, 2.75) is 25.7 Å². The summed E-state index contributed by atoms with van der Waals surface area (Å²) < 4.78 is 27.1. The van der Waals surface area contributed by atoms with Gasteiger partial charge in [-0.1, -0.05) is 18.7 Å². The molecule has 2 aliphatic rings. The van der Waals surface area contributed by atoms with E-state index in [9.17, 15) is 18.4 Å². The van der Waals surface area contributed by atoms with Gasteiger partial charge in [-0.15, -0.1) is 0 Å². The number of nitrogen functional groups attached to an aromatic ring is 2. The summed E-state index contributed by atoms with van der Waals surface area (Å²) in [6.45, 7) is 6.70. The number of aromatic nitrogens is 5. The SMILES string of the molecule is C=CC(=O)N1CCC(Cc2ccc(C(=O)N3CCN(c4nc(N)nc(-c5cnc(N)nc5C(F)F)n4)CC3)cc2)CC1. The monoisotopic (exact) mass is 578 g/mol. The fourth-order valence-corrected chi connectivity index (χ4v) is 5.29. The molecule has 0 spiro atoms. The van der Waals surface area contributed by atoms with E-state index in [-0.39, 0.29) is 41.0 Å². The molecule has 2 fully saturated rings. The molecule has 3 aromatic rings. The number of carbonyl (C=O) groups excluding carboxylic acids is 2. The topological polar surface area (TPSA) is 160 Å². The van der Waals surface area contributed by atoms with Crippen molar-refractivity contribution in [3.05, 3.63) is 59.9 Å². The third kappa shape index (κ3) is 6.42. The number of hydrogen-bond donors (Lipinski definition) is 2. The number of rotatable bonds is 7. The van der Waals surface area contributed by atoms with Crippen LogP contribution in [0, 0.1) is 5.92 Å². The van der Waals surface area contributed by atoms with Gasteiger partial charge in [-0.2, -0.15) is 15.0 Å². The summed E-state index contributed by atoms with van der Waals surface area (Å²) in [5.41, 5.74) is 12.4. The van der Waals surface area contributed by atoms with Crippen LogP contribution in [0.2, 0.25) is 0 Å². The maximum Gasteiger partial charge on any atom is 0.281 e. The van der Waals surface area contributed by atoms with E-state index in [0.29, 0.717) is 37.7 Å². The van der Waals surface area contributed by atoms with Crippen LogP contribution in [0.1, 0.15) is 40.9 Å². The Morgan fingerprint density at radius 2 is 1.62 bits per heavy atom. The largest absolute Gasteiger partial charge is 0.368 e. The first kappa shape index (κ1) is 28.8. The molecule has 1 aromatic carbocycles. The molecule has 2 aliphatic heterocycles. The predicted molar refractivity (Wildman–Crippen MR) is 152 cm³/mol. The molecule has 42 heavy (non-hydrogen) atoms. The summed E-state index contributed by atoms with van der Waals surface area (Å²) in [6.07, 6.45) is 2.38. The van der Waals surface area contributed by atoms with Crippen LogP contribution in [0.5, 0.6) is 0 Å². The minimum absolute atomic E-state index is 0.0175. The lowest BCUT2D eigenvalue weighted by Crippen LogP contribution is -2.49. The van der Waals surface area contributed by atoms with Gasteiger partial charge in [-0.25, -0.2) is 18.7 Å². The molecule has 4 N–H and O–H groups in total. The van der Waals surface area contributed by atoms with E-state index in [1.165, 1.54) is 6.08 Å². The molecule has 12 nitrogen and oxygen atoms in total. The van der Waals surface area contributed by atoms with Crippen LogP contribution < -0.4 is 16.4 Å². The molecule has 14 heteroatoms.